The standard InChI is InChI=1S/C9H9FN2O/c1-11-7-4-3-6(10)5-8(7)12(2)9(11)13/h3-5H,1-2H3. The lowest BCUT2D eigenvalue weighted by molar-refractivity contribution is 0.628. The highest BCUT2D eigenvalue weighted by Gasteiger charge is 2.07. The highest BCUT2D eigenvalue weighted by molar-refractivity contribution is 5.75. The first-order valence-electron chi connectivity index (χ1n) is 3.92. The molecule has 3 nitrogen and oxygen atoms in total. The van der Waals surface area contributed by atoms with E-state index in [1.165, 1.54) is 21.3 Å². The van der Waals surface area contributed by atoms with E-state index in [0.717, 1.165) is 5.52 Å². The Morgan fingerprint density at radius 1 is 1.15 bits per heavy atom. The molecule has 0 saturated carbocycles. The Kier molecular flexibility index (Phi) is 1.52. The Hall–Kier alpha value is -1.58. The van der Waals surface area contributed by atoms with Crippen LogP contribution >= 0.6 is 0 Å². The Bertz CT molecular complexity index is 524. The Balaban J connectivity index is 3.04. The molecule has 0 fully saturated rings. The first kappa shape index (κ1) is 8.04. The van der Waals surface area contributed by atoms with E-state index in [2.05, 4.69) is 0 Å². The maximum absolute atomic E-state index is 12.8. The molecule has 2 aromatic rings. The molecule has 1 heterocycles. The van der Waals surface area contributed by atoms with Crippen LogP contribution in [0.1, 0.15) is 0 Å². The number of halogens is 1. The molecule has 0 aliphatic heterocycles. The molecule has 0 bridgehead atoms. The van der Waals surface area contributed by atoms with Gasteiger partial charge in [-0.1, -0.05) is 0 Å². The minimum atomic E-state index is -0.325. The number of hydrogen-bond acceptors (Lipinski definition) is 1. The number of hydrogen-bond donors (Lipinski definition) is 0. The second-order valence-corrected chi connectivity index (χ2v) is 3.03. The zero-order valence-electron chi connectivity index (χ0n) is 7.41. The average molecular weight is 180 g/mol. The fourth-order valence-corrected chi connectivity index (χ4v) is 1.48. The normalized spacial score (nSPS) is 11.0. The molecule has 0 aliphatic carbocycles. The number of nitrogens with zero attached hydrogens (tertiary/aromatic N) is 2. The molecule has 0 radical (unpaired) electrons. The minimum absolute atomic E-state index is 0.138. The van der Waals surface area contributed by atoms with Crippen LogP contribution in [0.5, 0.6) is 0 Å². The van der Waals surface area contributed by atoms with Gasteiger partial charge in [0, 0.05) is 14.1 Å². The van der Waals surface area contributed by atoms with E-state index in [9.17, 15) is 9.18 Å². The zero-order valence-corrected chi connectivity index (χ0v) is 7.41. The van der Waals surface area contributed by atoms with Gasteiger partial charge in [-0.2, -0.15) is 0 Å². The fraction of sp³-hybridized carbons (Fsp3) is 0.222. The van der Waals surface area contributed by atoms with Crippen LogP contribution in [0.25, 0.3) is 11.0 Å². The molecule has 0 saturated heterocycles. The van der Waals surface area contributed by atoms with Crippen LogP contribution < -0.4 is 5.69 Å². The zero-order chi connectivity index (χ0) is 9.59. The Morgan fingerprint density at radius 2 is 1.77 bits per heavy atom. The van der Waals surface area contributed by atoms with Gasteiger partial charge in [0.05, 0.1) is 11.0 Å². The van der Waals surface area contributed by atoms with Gasteiger partial charge in [0.1, 0.15) is 5.82 Å². The van der Waals surface area contributed by atoms with Crippen LogP contribution in [0, 0.1) is 5.82 Å². The topological polar surface area (TPSA) is 26.9 Å². The summed E-state index contributed by atoms with van der Waals surface area (Å²) in [5.74, 6) is -0.325. The monoisotopic (exact) mass is 180 g/mol. The number of aryl methyl sites for hydroxylation is 2. The van der Waals surface area contributed by atoms with Crippen LogP contribution in [-0.4, -0.2) is 9.13 Å². The maximum atomic E-state index is 12.8. The first-order valence-corrected chi connectivity index (χ1v) is 3.92. The van der Waals surface area contributed by atoms with E-state index >= 15 is 0 Å². The summed E-state index contributed by atoms with van der Waals surface area (Å²) >= 11 is 0. The number of imidazole rings is 1. The van der Waals surface area contributed by atoms with Crippen molar-refractivity contribution in [2.45, 2.75) is 0 Å². The van der Waals surface area contributed by atoms with Gasteiger partial charge in [-0.05, 0) is 18.2 Å². The number of fused-ring (bicyclic) bond motifs is 1. The predicted molar refractivity (Wildman–Crippen MR) is 48.1 cm³/mol. The minimum Gasteiger partial charge on any atom is -0.295 e. The van der Waals surface area contributed by atoms with E-state index in [1.54, 1.807) is 20.2 Å². The van der Waals surface area contributed by atoms with Crippen LogP contribution in [0.3, 0.4) is 0 Å². The number of rotatable bonds is 0. The number of benzene rings is 1. The van der Waals surface area contributed by atoms with Gasteiger partial charge in [-0.15, -0.1) is 0 Å². The molecular formula is C9H9FN2O. The molecule has 13 heavy (non-hydrogen) atoms. The van der Waals surface area contributed by atoms with Crippen molar-refractivity contribution in [3.63, 3.8) is 0 Å². The third-order valence-electron chi connectivity index (χ3n) is 2.23. The van der Waals surface area contributed by atoms with Crippen molar-refractivity contribution in [1.29, 1.82) is 0 Å². The highest BCUT2D eigenvalue weighted by Crippen LogP contribution is 2.12. The second-order valence-electron chi connectivity index (χ2n) is 3.03. The van der Waals surface area contributed by atoms with Crippen LogP contribution in [-0.2, 0) is 14.1 Å². The van der Waals surface area contributed by atoms with E-state index in [1.807, 2.05) is 0 Å². The summed E-state index contributed by atoms with van der Waals surface area (Å²) < 4.78 is 15.8. The lowest BCUT2D eigenvalue weighted by Crippen LogP contribution is -2.19. The van der Waals surface area contributed by atoms with Crippen molar-refractivity contribution in [3.05, 3.63) is 34.5 Å². The second kappa shape index (κ2) is 2.45. The summed E-state index contributed by atoms with van der Waals surface area (Å²) in [6.45, 7) is 0. The van der Waals surface area contributed by atoms with Gasteiger partial charge in [0.25, 0.3) is 0 Å². The van der Waals surface area contributed by atoms with Crippen LogP contribution in [0.4, 0.5) is 4.39 Å². The van der Waals surface area contributed by atoms with E-state index in [0.29, 0.717) is 5.52 Å². The summed E-state index contributed by atoms with van der Waals surface area (Å²) in [6.07, 6.45) is 0. The average Bonchev–Trinajstić information content (AvgIpc) is 2.32. The quantitative estimate of drug-likeness (QED) is 0.594. The lowest BCUT2D eigenvalue weighted by Gasteiger charge is -1.93. The molecule has 1 aromatic heterocycles. The number of aromatic nitrogens is 2. The van der Waals surface area contributed by atoms with Gasteiger partial charge >= 0.3 is 5.69 Å². The van der Waals surface area contributed by atoms with Gasteiger partial charge in [0.2, 0.25) is 0 Å². The summed E-state index contributed by atoms with van der Waals surface area (Å²) in [4.78, 5) is 11.4. The molecule has 0 unspecified atom stereocenters. The van der Waals surface area contributed by atoms with Gasteiger partial charge in [-0.25, -0.2) is 9.18 Å². The van der Waals surface area contributed by atoms with Crippen molar-refractivity contribution in [1.82, 2.24) is 9.13 Å². The molecule has 4 heteroatoms. The van der Waals surface area contributed by atoms with Crippen molar-refractivity contribution in [3.8, 4) is 0 Å². The highest BCUT2D eigenvalue weighted by atomic mass is 19.1. The molecular weight excluding hydrogens is 171 g/mol. The largest absolute Gasteiger partial charge is 0.328 e. The first-order chi connectivity index (χ1) is 6.11. The van der Waals surface area contributed by atoms with Crippen molar-refractivity contribution in [2.75, 3.05) is 0 Å². The van der Waals surface area contributed by atoms with E-state index in [4.69, 9.17) is 0 Å². The predicted octanol–water partition coefficient (Wildman–Crippen LogP) is 1.02. The van der Waals surface area contributed by atoms with Crippen molar-refractivity contribution < 1.29 is 4.39 Å². The van der Waals surface area contributed by atoms with Crippen LogP contribution in [0.2, 0.25) is 0 Å². The SMILES string of the molecule is Cn1c(=O)n(C)c2cc(F)ccc21. The molecule has 0 spiro atoms. The maximum Gasteiger partial charge on any atom is 0.328 e. The summed E-state index contributed by atoms with van der Waals surface area (Å²) in [7, 11) is 3.30. The van der Waals surface area contributed by atoms with Crippen molar-refractivity contribution in [2.24, 2.45) is 14.1 Å². The van der Waals surface area contributed by atoms with Gasteiger partial charge in [-0.3, -0.25) is 9.13 Å². The third kappa shape index (κ3) is 0.983. The van der Waals surface area contributed by atoms with Crippen LogP contribution in [0.15, 0.2) is 23.0 Å². The molecule has 0 amide bonds. The molecule has 0 aliphatic rings. The fourth-order valence-electron chi connectivity index (χ4n) is 1.48. The molecule has 1 aromatic carbocycles. The van der Waals surface area contributed by atoms with Gasteiger partial charge < -0.3 is 0 Å². The molecule has 0 atom stereocenters. The molecule has 0 N–H and O–H groups in total. The lowest BCUT2D eigenvalue weighted by atomic mass is 10.3. The smallest absolute Gasteiger partial charge is 0.295 e. The van der Waals surface area contributed by atoms with Crippen molar-refractivity contribution >= 4 is 11.0 Å². The summed E-state index contributed by atoms with van der Waals surface area (Å²) in [5, 5.41) is 0. The summed E-state index contributed by atoms with van der Waals surface area (Å²) in [6, 6.07) is 4.31. The molecule has 2 rings (SSSR count). The van der Waals surface area contributed by atoms with E-state index in [-0.39, 0.29) is 11.5 Å². The summed E-state index contributed by atoms with van der Waals surface area (Å²) in [5.41, 5.74) is 1.22. The Labute approximate surface area is 74.0 Å². The molecule has 68 valence electrons. The Morgan fingerprint density at radius 3 is 2.46 bits per heavy atom. The third-order valence-corrected chi connectivity index (χ3v) is 2.23. The van der Waals surface area contributed by atoms with Gasteiger partial charge in [0.15, 0.2) is 0 Å². The van der Waals surface area contributed by atoms with E-state index < -0.39 is 0 Å².